The van der Waals surface area contributed by atoms with Crippen LogP contribution in [-0.2, 0) is 6.42 Å². The highest BCUT2D eigenvalue weighted by atomic mass is 79.9. The molecular weight excluding hydrogens is 300 g/mol. The van der Waals surface area contributed by atoms with Gasteiger partial charge in [-0.25, -0.2) is 0 Å². The normalized spacial score (nSPS) is 12.4. The van der Waals surface area contributed by atoms with Gasteiger partial charge in [-0.15, -0.1) is 11.3 Å². The number of rotatable bonds is 4. The highest BCUT2D eigenvalue weighted by Gasteiger charge is 2.13. The van der Waals surface area contributed by atoms with Crippen LogP contribution < -0.4 is 4.74 Å². The van der Waals surface area contributed by atoms with Crippen LogP contribution in [0.5, 0.6) is 5.75 Å². The molecule has 0 aliphatic rings. The lowest BCUT2D eigenvalue weighted by Gasteiger charge is -2.10. The highest BCUT2D eigenvalue weighted by molar-refractivity contribution is 9.10. The first-order valence-electron chi connectivity index (χ1n) is 5.24. The van der Waals surface area contributed by atoms with Crippen molar-refractivity contribution in [1.29, 1.82) is 0 Å². The summed E-state index contributed by atoms with van der Waals surface area (Å²) in [5.41, 5.74) is 1.10. The Bertz CT molecular complexity index is 478. The summed E-state index contributed by atoms with van der Waals surface area (Å²) in [5.74, 6) is 0.834. The van der Waals surface area contributed by atoms with Crippen LogP contribution in [0.1, 0.15) is 16.5 Å². The van der Waals surface area contributed by atoms with E-state index < -0.39 is 6.10 Å². The monoisotopic (exact) mass is 312 g/mol. The van der Waals surface area contributed by atoms with E-state index in [9.17, 15) is 5.11 Å². The summed E-state index contributed by atoms with van der Waals surface area (Å²) in [5, 5.41) is 12.1. The molecule has 4 heteroatoms. The Labute approximate surface area is 113 Å². The van der Waals surface area contributed by atoms with Crippen molar-refractivity contribution in [2.24, 2.45) is 0 Å². The van der Waals surface area contributed by atoms with E-state index in [0.717, 1.165) is 20.7 Å². The van der Waals surface area contributed by atoms with Crippen molar-refractivity contribution >= 4 is 27.3 Å². The van der Waals surface area contributed by atoms with Crippen LogP contribution in [0.3, 0.4) is 0 Å². The third-order valence-corrected chi connectivity index (χ3v) is 4.51. The molecule has 90 valence electrons. The molecule has 2 rings (SSSR count). The number of hydrogen-bond acceptors (Lipinski definition) is 3. The zero-order valence-corrected chi connectivity index (χ0v) is 11.8. The zero-order chi connectivity index (χ0) is 12.3. The average molecular weight is 313 g/mol. The Hall–Kier alpha value is -0.840. The van der Waals surface area contributed by atoms with E-state index in [2.05, 4.69) is 15.9 Å². The van der Waals surface area contributed by atoms with Crippen LogP contribution in [0.4, 0.5) is 0 Å². The van der Waals surface area contributed by atoms with Gasteiger partial charge in [0.15, 0.2) is 0 Å². The van der Waals surface area contributed by atoms with E-state index in [4.69, 9.17) is 4.74 Å². The Morgan fingerprint density at radius 1 is 1.29 bits per heavy atom. The summed E-state index contributed by atoms with van der Waals surface area (Å²) in [7, 11) is 1.65. The van der Waals surface area contributed by atoms with Crippen molar-refractivity contribution in [1.82, 2.24) is 0 Å². The van der Waals surface area contributed by atoms with E-state index in [0.29, 0.717) is 6.42 Å². The van der Waals surface area contributed by atoms with Crippen molar-refractivity contribution < 1.29 is 9.84 Å². The molecule has 1 unspecified atom stereocenters. The minimum atomic E-state index is -0.460. The Kier molecular flexibility index (Phi) is 4.20. The fourth-order valence-electron chi connectivity index (χ4n) is 1.62. The molecule has 0 bridgehead atoms. The predicted octanol–water partition coefficient (Wildman–Crippen LogP) is 3.80. The largest absolute Gasteiger partial charge is 0.497 e. The zero-order valence-electron chi connectivity index (χ0n) is 9.39. The molecule has 1 aromatic heterocycles. The van der Waals surface area contributed by atoms with Crippen LogP contribution in [0.2, 0.25) is 0 Å². The Balaban J connectivity index is 2.07. The third kappa shape index (κ3) is 3.09. The number of thiophene rings is 1. The molecule has 1 atom stereocenters. The summed E-state index contributed by atoms with van der Waals surface area (Å²) in [6.45, 7) is 0. The van der Waals surface area contributed by atoms with Gasteiger partial charge in [0.25, 0.3) is 0 Å². The molecule has 1 N–H and O–H groups in total. The number of halogens is 1. The minimum absolute atomic E-state index is 0.460. The van der Waals surface area contributed by atoms with Crippen LogP contribution >= 0.6 is 27.3 Å². The number of aliphatic hydroxyl groups is 1. The second kappa shape index (κ2) is 5.67. The number of ether oxygens (including phenoxy) is 1. The van der Waals surface area contributed by atoms with Gasteiger partial charge in [-0.3, -0.25) is 0 Å². The maximum atomic E-state index is 10.1. The molecule has 2 nitrogen and oxygen atoms in total. The van der Waals surface area contributed by atoms with Gasteiger partial charge in [0.1, 0.15) is 5.75 Å². The lowest BCUT2D eigenvalue weighted by molar-refractivity contribution is 0.181. The van der Waals surface area contributed by atoms with Gasteiger partial charge in [-0.1, -0.05) is 12.1 Å². The van der Waals surface area contributed by atoms with Gasteiger partial charge >= 0.3 is 0 Å². The molecule has 0 spiro atoms. The second-order valence-corrected chi connectivity index (χ2v) is 5.50. The maximum Gasteiger partial charge on any atom is 0.118 e. The SMILES string of the molecule is COc1ccc(CC(O)c2sccc2Br)cc1. The molecular formula is C13H13BrO2S. The van der Waals surface area contributed by atoms with E-state index in [1.54, 1.807) is 18.4 Å². The fraction of sp³-hybridized carbons (Fsp3) is 0.231. The first kappa shape index (κ1) is 12.6. The molecule has 0 fully saturated rings. The molecule has 1 aromatic carbocycles. The second-order valence-electron chi connectivity index (χ2n) is 3.70. The quantitative estimate of drug-likeness (QED) is 0.930. The van der Waals surface area contributed by atoms with Crippen LogP contribution in [-0.4, -0.2) is 12.2 Å². The third-order valence-electron chi connectivity index (χ3n) is 2.54. The minimum Gasteiger partial charge on any atom is -0.497 e. The van der Waals surface area contributed by atoms with Crippen molar-refractivity contribution in [2.75, 3.05) is 7.11 Å². The van der Waals surface area contributed by atoms with Gasteiger partial charge in [0.2, 0.25) is 0 Å². The molecule has 0 amide bonds. The van der Waals surface area contributed by atoms with Gasteiger partial charge in [0.05, 0.1) is 13.2 Å². The Morgan fingerprint density at radius 3 is 2.53 bits per heavy atom. The number of hydrogen-bond donors (Lipinski definition) is 1. The Morgan fingerprint density at radius 2 is 2.00 bits per heavy atom. The lowest BCUT2D eigenvalue weighted by atomic mass is 10.1. The van der Waals surface area contributed by atoms with Crippen molar-refractivity contribution in [2.45, 2.75) is 12.5 Å². The highest BCUT2D eigenvalue weighted by Crippen LogP contribution is 2.31. The van der Waals surface area contributed by atoms with Crippen LogP contribution in [0, 0.1) is 0 Å². The smallest absolute Gasteiger partial charge is 0.118 e. The van der Waals surface area contributed by atoms with Crippen molar-refractivity contribution in [3.8, 4) is 5.75 Å². The summed E-state index contributed by atoms with van der Waals surface area (Å²) < 4.78 is 6.07. The number of benzene rings is 1. The average Bonchev–Trinajstić information content (AvgIpc) is 2.76. The van der Waals surface area contributed by atoms with Gasteiger partial charge in [0, 0.05) is 15.8 Å². The van der Waals surface area contributed by atoms with Crippen molar-refractivity contribution in [3.05, 3.63) is 50.6 Å². The standard InChI is InChI=1S/C13H13BrO2S/c1-16-10-4-2-9(3-5-10)8-12(15)13-11(14)6-7-17-13/h2-7,12,15H,8H2,1H3. The molecule has 0 saturated carbocycles. The van der Waals surface area contributed by atoms with Gasteiger partial charge < -0.3 is 9.84 Å². The summed E-state index contributed by atoms with van der Waals surface area (Å²) in [6, 6.07) is 9.72. The molecule has 0 aliphatic heterocycles. The van der Waals surface area contributed by atoms with E-state index in [-0.39, 0.29) is 0 Å². The van der Waals surface area contributed by atoms with Gasteiger partial charge in [-0.2, -0.15) is 0 Å². The molecule has 17 heavy (non-hydrogen) atoms. The molecule has 0 aliphatic carbocycles. The van der Waals surface area contributed by atoms with E-state index in [1.165, 1.54) is 0 Å². The number of methoxy groups -OCH3 is 1. The van der Waals surface area contributed by atoms with Crippen LogP contribution in [0.25, 0.3) is 0 Å². The summed E-state index contributed by atoms with van der Waals surface area (Å²) >= 11 is 5.00. The first-order chi connectivity index (χ1) is 8.20. The van der Waals surface area contributed by atoms with E-state index in [1.807, 2.05) is 35.7 Å². The first-order valence-corrected chi connectivity index (χ1v) is 6.92. The molecule has 0 radical (unpaired) electrons. The number of aliphatic hydroxyl groups excluding tert-OH is 1. The van der Waals surface area contributed by atoms with Crippen molar-refractivity contribution in [3.63, 3.8) is 0 Å². The maximum absolute atomic E-state index is 10.1. The lowest BCUT2D eigenvalue weighted by Crippen LogP contribution is -2.00. The molecule has 2 aromatic rings. The van der Waals surface area contributed by atoms with Crippen LogP contribution in [0.15, 0.2) is 40.2 Å². The van der Waals surface area contributed by atoms with Gasteiger partial charge in [-0.05, 0) is 45.1 Å². The fourth-order valence-corrected chi connectivity index (χ4v) is 3.24. The molecule has 1 heterocycles. The molecule has 0 saturated heterocycles. The predicted molar refractivity (Wildman–Crippen MR) is 73.7 cm³/mol. The summed E-state index contributed by atoms with van der Waals surface area (Å²) in [6.07, 6.45) is 0.154. The van der Waals surface area contributed by atoms with E-state index >= 15 is 0 Å². The summed E-state index contributed by atoms with van der Waals surface area (Å²) in [4.78, 5) is 0.973. The topological polar surface area (TPSA) is 29.5 Å².